The lowest BCUT2D eigenvalue weighted by Gasteiger charge is -2.42. The Morgan fingerprint density at radius 2 is 2.00 bits per heavy atom. The smallest absolute Gasteiger partial charge is 0.123 e. The van der Waals surface area contributed by atoms with Crippen LogP contribution >= 0.6 is 0 Å². The molecule has 0 bridgehead atoms. The van der Waals surface area contributed by atoms with Crippen molar-refractivity contribution in [2.24, 2.45) is 17.8 Å². The number of ether oxygens (including phenoxy) is 1. The van der Waals surface area contributed by atoms with E-state index in [0.29, 0.717) is 0 Å². The summed E-state index contributed by atoms with van der Waals surface area (Å²) in [7, 11) is 0. The van der Waals surface area contributed by atoms with Gasteiger partial charge in [-0.3, -0.25) is 0 Å². The second-order valence-electron chi connectivity index (χ2n) is 4.20. The van der Waals surface area contributed by atoms with E-state index >= 15 is 0 Å². The molecule has 0 aromatic carbocycles. The van der Waals surface area contributed by atoms with Crippen molar-refractivity contribution < 1.29 is 19.4 Å². The Bertz CT molecular complexity index is 229. The molecule has 1 rings (SSSR count). The van der Waals surface area contributed by atoms with Gasteiger partial charge in [0.1, 0.15) is 12.6 Å². The minimum Gasteiger partial charge on any atom is -0.394 e. The molecular formula is C11H18O4. The molecule has 0 radical (unpaired) electrons. The number of hydrogen-bond acceptors (Lipinski definition) is 4. The molecule has 1 aliphatic rings. The van der Waals surface area contributed by atoms with E-state index in [1.165, 1.54) is 0 Å². The van der Waals surface area contributed by atoms with Gasteiger partial charge < -0.3 is 19.4 Å². The number of carbonyl (C=O) groups is 2. The van der Waals surface area contributed by atoms with Gasteiger partial charge in [0, 0.05) is 18.3 Å². The number of carbonyl (C=O) groups excluding carboxylic acids is 2. The molecule has 5 atom stereocenters. The zero-order valence-electron chi connectivity index (χ0n) is 9.13. The normalized spacial score (nSPS) is 41.1. The SMILES string of the molecule is CC1O[C@@H](CO)C(CC=O)[C@H](C=O)[C@@H]1C. The van der Waals surface area contributed by atoms with Crippen LogP contribution in [-0.4, -0.2) is 36.5 Å². The first-order chi connectivity index (χ1) is 7.15. The van der Waals surface area contributed by atoms with Crippen LogP contribution in [0.4, 0.5) is 0 Å². The fourth-order valence-corrected chi connectivity index (χ4v) is 2.27. The molecule has 4 nitrogen and oxygen atoms in total. The third-order valence-electron chi connectivity index (χ3n) is 3.41. The summed E-state index contributed by atoms with van der Waals surface area (Å²) in [6, 6.07) is 0. The summed E-state index contributed by atoms with van der Waals surface area (Å²) >= 11 is 0. The maximum atomic E-state index is 11.0. The Balaban J connectivity index is 2.84. The van der Waals surface area contributed by atoms with E-state index in [1.54, 1.807) is 0 Å². The van der Waals surface area contributed by atoms with E-state index in [1.807, 2.05) is 13.8 Å². The minimum atomic E-state index is -0.392. The molecule has 15 heavy (non-hydrogen) atoms. The van der Waals surface area contributed by atoms with Crippen LogP contribution in [-0.2, 0) is 14.3 Å². The molecule has 0 saturated carbocycles. The van der Waals surface area contributed by atoms with Crippen molar-refractivity contribution in [3.8, 4) is 0 Å². The highest BCUT2D eigenvalue weighted by molar-refractivity contribution is 5.58. The molecule has 0 aliphatic carbocycles. The molecule has 1 saturated heterocycles. The number of rotatable bonds is 4. The van der Waals surface area contributed by atoms with Crippen LogP contribution < -0.4 is 0 Å². The van der Waals surface area contributed by atoms with Gasteiger partial charge >= 0.3 is 0 Å². The third kappa shape index (κ3) is 2.44. The highest BCUT2D eigenvalue weighted by Crippen LogP contribution is 2.35. The minimum absolute atomic E-state index is 0.0553. The van der Waals surface area contributed by atoms with Crippen molar-refractivity contribution >= 4 is 12.6 Å². The summed E-state index contributed by atoms with van der Waals surface area (Å²) in [5, 5.41) is 9.15. The average Bonchev–Trinajstić information content (AvgIpc) is 2.24. The van der Waals surface area contributed by atoms with Gasteiger partial charge in [-0.2, -0.15) is 0 Å². The van der Waals surface area contributed by atoms with E-state index in [4.69, 9.17) is 9.84 Å². The zero-order chi connectivity index (χ0) is 11.4. The lowest BCUT2D eigenvalue weighted by atomic mass is 9.74. The molecule has 2 unspecified atom stereocenters. The molecule has 1 aliphatic heterocycles. The van der Waals surface area contributed by atoms with Crippen LogP contribution in [0.1, 0.15) is 20.3 Å². The second kappa shape index (κ2) is 5.37. The number of hydrogen-bond donors (Lipinski definition) is 1. The highest BCUT2D eigenvalue weighted by atomic mass is 16.5. The molecule has 1 N–H and O–H groups in total. The average molecular weight is 214 g/mol. The Morgan fingerprint density at radius 1 is 1.33 bits per heavy atom. The molecule has 1 heterocycles. The largest absolute Gasteiger partial charge is 0.394 e. The van der Waals surface area contributed by atoms with Crippen LogP contribution in [0.2, 0.25) is 0 Å². The van der Waals surface area contributed by atoms with Gasteiger partial charge in [-0.05, 0) is 12.8 Å². The maximum absolute atomic E-state index is 11.0. The van der Waals surface area contributed by atoms with Gasteiger partial charge in [0.05, 0.1) is 18.8 Å². The first-order valence-corrected chi connectivity index (χ1v) is 5.31. The quantitative estimate of drug-likeness (QED) is 0.689. The summed E-state index contributed by atoms with van der Waals surface area (Å²) in [6.07, 6.45) is 1.50. The van der Waals surface area contributed by atoms with Crippen molar-refractivity contribution in [2.45, 2.75) is 32.5 Å². The molecule has 0 aromatic heterocycles. The molecule has 0 spiro atoms. The van der Waals surface area contributed by atoms with E-state index in [-0.39, 0.29) is 36.9 Å². The van der Waals surface area contributed by atoms with Crippen LogP contribution in [0, 0.1) is 17.8 Å². The van der Waals surface area contributed by atoms with Crippen LogP contribution in [0.5, 0.6) is 0 Å². The Hall–Kier alpha value is -0.740. The van der Waals surface area contributed by atoms with E-state index in [9.17, 15) is 9.59 Å². The standard InChI is InChI=1S/C11H18O4/c1-7-8(2)15-11(6-14)9(3-4-12)10(7)5-13/h4-5,7-11,14H,3,6H2,1-2H3/t7-,8?,9?,10-,11+/m1/s1. The van der Waals surface area contributed by atoms with Crippen molar-refractivity contribution in [1.82, 2.24) is 0 Å². The van der Waals surface area contributed by atoms with Gasteiger partial charge in [-0.15, -0.1) is 0 Å². The van der Waals surface area contributed by atoms with E-state index in [0.717, 1.165) is 12.6 Å². The van der Waals surface area contributed by atoms with Gasteiger partial charge in [0.15, 0.2) is 0 Å². The van der Waals surface area contributed by atoms with E-state index in [2.05, 4.69) is 0 Å². The van der Waals surface area contributed by atoms with Crippen LogP contribution in [0.25, 0.3) is 0 Å². The predicted octanol–water partition coefficient (Wildman–Crippen LogP) is 0.422. The molecule has 4 heteroatoms. The zero-order valence-corrected chi connectivity index (χ0v) is 9.13. The Labute approximate surface area is 89.6 Å². The van der Waals surface area contributed by atoms with Gasteiger partial charge in [-0.25, -0.2) is 0 Å². The summed E-state index contributed by atoms with van der Waals surface area (Å²) in [5.74, 6) is -0.289. The number of aliphatic hydroxyl groups is 1. The Morgan fingerprint density at radius 3 is 2.47 bits per heavy atom. The summed E-state index contributed by atoms with van der Waals surface area (Å²) in [6.45, 7) is 3.69. The van der Waals surface area contributed by atoms with Crippen molar-refractivity contribution in [1.29, 1.82) is 0 Å². The van der Waals surface area contributed by atoms with Gasteiger partial charge in [0.25, 0.3) is 0 Å². The highest BCUT2D eigenvalue weighted by Gasteiger charge is 2.41. The fourth-order valence-electron chi connectivity index (χ4n) is 2.27. The lowest BCUT2D eigenvalue weighted by molar-refractivity contribution is -0.157. The van der Waals surface area contributed by atoms with E-state index < -0.39 is 6.10 Å². The number of aldehydes is 2. The molecule has 0 aromatic rings. The summed E-state index contributed by atoms with van der Waals surface area (Å²) in [5.41, 5.74) is 0. The molecule has 1 fully saturated rings. The van der Waals surface area contributed by atoms with Gasteiger partial charge in [-0.1, -0.05) is 6.92 Å². The first-order valence-electron chi connectivity index (χ1n) is 5.31. The van der Waals surface area contributed by atoms with Crippen LogP contribution in [0.3, 0.4) is 0 Å². The lowest BCUT2D eigenvalue weighted by Crippen LogP contribution is -2.48. The number of aliphatic hydroxyl groups excluding tert-OH is 1. The fraction of sp³-hybridized carbons (Fsp3) is 0.818. The first kappa shape index (κ1) is 12.3. The third-order valence-corrected chi connectivity index (χ3v) is 3.41. The molecule has 0 amide bonds. The topological polar surface area (TPSA) is 63.6 Å². The van der Waals surface area contributed by atoms with Crippen LogP contribution in [0.15, 0.2) is 0 Å². The van der Waals surface area contributed by atoms with Crippen molar-refractivity contribution in [2.75, 3.05) is 6.61 Å². The monoisotopic (exact) mass is 214 g/mol. The molecule has 86 valence electrons. The Kier molecular flexibility index (Phi) is 4.42. The summed E-state index contributed by atoms with van der Waals surface area (Å²) in [4.78, 5) is 21.5. The van der Waals surface area contributed by atoms with Crippen molar-refractivity contribution in [3.63, 3.8) is 0 Å². The summed E-state index contributed by atoms with van der Waals surface area (Å²) < 4.78 is 5.58. The second-order valence-corrected chi connectivity index (χ2v) is 4.20. The maximum Gasteiger partial charge on any atom is 0.123 e. The van der Waals surface area contributed by atoms with Gasteiger partial charge in [0.2, 0.25) is 0 Å². The predicted molar refractivity (Wildman–Crippen MR) is 54.3 cm³/mol. The van der Waals surface area contributed by atoms with Crippen molar-refractivity contribution in [3.05, 3.63) is 0 Å². The molecular weight excluding hydrogens is 196 g/mol.